The number of carbonyl (C=O) groups is 2. The van der Waals surface area contributed by atoms with Gasteiger partial charge in [0.15, 0.2) is 0 Å². The molecular weight excluding hydrogens is 332 g/mol. The maximum atomic E-state index is 11.9. The molecule has 0 unspecified atom stereocenters. The Labute approximate surface area is 156 Å². The van der Waals surface area contributed by atoms with Crippen LogP contribution in [0.2, 0.25) is 0 Å². The Hall–Kier alpha value is -1.92. The van der Waals surface area contributed by atoms with Crippen molar-refractivity contribution in [2.75, 3.05) is 0 Å². The quantitative estimate of drug-likeness (QED) is 0.751. The summed E-state index contributed by atoms with van der Waals surface area (Å²) < 4.78 is 10.6. The molecule has 0 bridgehead atoms. The average molecular weight is 364 g/mol. The van der Waals surface area contributed by atoms with E-state index in [1.165, 1.54) is 0 Å². The van der Waals surface area contributed by atoms with Crippen molar-refractivity contribution in [1.82, 2.24) is 0 Å². The van der Waals surface area contributed by atoms with Crippen LogP contribution >= 0.6 is 0 Å². The Morgan fingerprint density at radius 1 is 0.769 bits per heavy atom. The topological polar surface area (TPSA) is 105 Å². The van der Waals surface area contributed by atoms with Gasteiger partial charge in [-0.05, 0) is 52.7 Å². The van der Waals surface area contributed by atoms with Crippen molar-refractivity contribution in [3.63, 3.8) is 0 Å². The van der Waals surface area contributed by atoms with Crippen molar-refractivity contribution in [2.24, 2.45) is 11.5 Å². The molecule has 0 spiro atoms. The molecule has 0 radical (unpaired) electrons. The lowest BCUT2D eigenvalue weighted by Crippen LogP contribution is -2.27. The van der Waals surface area contributed by atoms with Gasteiger partial charge in [-0.3, -0.25) is 9.59 Å². The van der Waals surface area contributed by atoms with Gasteiger partial charge in [-0.25, -0.2) is 0 Å². The lowest BCUT2D eigenvalue weighted by Gasteiger charge is -2.22. The summed E-state index contributed by atoms with van der Waals surface area (Å²) in [7, 11) is 0. The molecule has 6 heteroatoms. The minimum absolute atomic E-state index is 0.0978. The van der Waals surface area contributed by atoms with Crippen molar-refractivity contribution in [3.8, 4) is 0 Å². The smallest absolute Gasteiger partial charge is 0.308 e. The zero-order valence-corrected chi connectivity index (χ0v) is 16.7. The van der Waals surface area contributed by atoms with E-state index in [1.54, 1.807) is 0 Å². The molecule has 4 N–H and O–H groups in total. The molecule has 6 nitrogen and oxygen atoms in total. The lowest BCUT2D eigenvalue weighted by atomic mass is 9.99. The molecule has 26 heavy (non-hydrogen) atoms. The summed E-state index contributed by atoms with van der Waals surface area (Å²) >= 11 is 0. The Kier molecular flexibility index (Phi) is 7.35. The number of nitrogens with two attached hydrogens (primary N) is 2. The van der Waals surface area contributed by atoms with E-state index < -0.39 is 23.3 Å². The molecule has 1 rings (SSSR count). The van der Waals surface area contributed by atoms with Crippen LogP contribution in [0.25, 0.3) is 0 Å². The fourth-order valence-corrected chi connectivity index (χ4v) is 2.35. The second-order valence-corrected chi connectivity index (χ2v) is 8.46. The van der Waals surface area contributed by atoms with E-state index in [2.05, 4.69) is 0 Å². The van der Waals surface area contributed by atoms with Crippen LogP contribution in [0.5, 0.6) is 0 Å². The fraction of sp³-hybridized carbons (Fsp3) is 0.600. The molecule has 146 valence electrons. The van der Waals surface area contributed by atoms with Gasteiger partial charge in [0, 0.05) is 12.1 Å². The van der Waals surface area contributed by atoms with Crippen molar-refractivity contribution in [3.05, 3.63) is 35.4 Å². The van der Waals surface area contributed by atoms with Gasteiger partial charge in [-0.2, -0.15) is 0 Å². The van der Waals surface area contributed by atoms with Gasteiger partial charge < -0.3 is 20.9 Å². The minimum Gasteiger partial charge on any atom is -0.460 e. The number of rotatable bonds is 6. The van der Waals surface area contributed by atoms with Gasteiger partial charge in [0.05, 0.1) is 12.8 Å². The molecule has 0 saturated carbocycles. The van der Waals surface area contributed by atoms with Gasteiger partial charge in [-0.15, -0.1) is 0 Å². The van der Waals surface area contributed by atoms with E-state index >= 15 is 0 Å². The monoisotopic (exact) mass is 364 g/mol. The van der Waals surface area contributed by atoms with Crippen LogP contribution in [0.4, 0.5) is 0 Å². The normalized spacial score (nSPS) is 14.5. The molecule has 0 fully saturated rings. The van der Waals surface area contributed by atoms with E-state index in [-0.39, 0.29) is 24.8 Å². The van der Waals surface area contributed by atoms with Crippen molar-refractivity contribution < 1.29 is 19.1 Å². The van der Waals surface area contributed by atoms with Crippen LogP contribution in [0.15, 0.2) is 24.3 Å². The maximum Gasteiger partial charge on any atom is 0.308 e. The summed E-state index contributed by atoms with van der Waals surface area (Å²) in [5, 5.41) is 0. The Balaban J connectivity index is 2.64. The molecule has 0 aliphatic carbocycles. The summed E-state index contributed by atoms with van der Waals surface area (Å²) in [6, 6.07) is 6.36. The first-order chi connectivity index (χ1) is 11.8. The Morgan fingerprint density at radius 3 is 1.27 bits per heavy atom. The second-order valence-electron chi connectivity index (χ2n) is 8.46. The molecule has 0 aliphatic heterocycles. The third-order valence-electron chi connectivity index (χ3n) is 3.41. The van der Waals surface area contributed by atoms with E-state index in [1.807, 2.05) is 65.8 Å². The van der Waals surface area contributed by atoms with E-state index in [9.17, 15) is 9.59 Å². The summed E-state index contributed by atoms with van der Waals surface area (Å²) in [6.45, 7) is 10.9. The first-order valence-electron chi connectivity index (χ1n) is 8.81. The highest BCUT2D eigenvalue weighted by atomic mass is 16.6. The fourth-order valence-electron chi connectivity index (χ4n) is 2.35. The maximum absolute atomic E-state index is 11.9. The van der Waals surface area contributed by atoms with Crippen molar-refractivity contribution in [2.45, 2.75) is 77.7 Å². The lowest BCUT2D eigenvalue weighted by molar-refractivity contribution is -0.156. The number of esters is 2. The first kappa shape index (κ1) is 22.1. The second kappa shape index (κ2) is 8.64. The summed E-state index contributed by atoms with van der Waals surface area (Å²) in [4.78, 5) is 23.8. The highest BCUT2D eigenvalue weighted by Gasteiger charge is 2.21. The van der Waals surface area contributed by atoms with Crippen molar-refractivity contribution >= 4 is 11.9 Å². The average Bonchev–Trinajstić information content (AvgIpc) is 2.43. The molecular formula is C20H32N2O4. The predicted molar refractivity (Wildman–Crippen MR) is 101 cm³/mol. The van der Waals surface area contributed by atoms with Crippen molar-refractivity contribution in [1.29, 1.82) is 0 Å². The number of carbonyl (C=O) groups excluding carboxylic acids is 2. The molecule has 2 atom stereocenters. The highest BCUT2D eigenvalue weighted by molar-refractivity contribution is 5.71. The number of hydrogen-bond acceptors (Lipinski definition) is 6. The number of benzene rings is 1. The van der Waals surface area contributed by atoms with Crippen LogP contribution < -0.4 is 11.5 Å². The predicted octanol–water partition coefficient (Wildman–Crippen LogP) is 3.15. The number of hydrogen-bond donors (Lipinski definition) is 2. The van der Waals surface area contributed by atoms with E-state index in [0.29, 0.717) is 0 Å². The van der Waals surface area contributed by atoms with Crippen LogP contribution in [0.1, 0.15) is 77.6 Å². The van der Waals surface area contributed by atoms with Gasteiger partial charge >= 0.3 is 11.9 Å². The Morgan fingerprint density at radius 2 is 1.04 bits per heavy atom. The highest BCUT2D eigenvalue weighted by Crippen LogP contribution is 2.21. The van der Waals surface area contributed by atoms with E-state index in [4.69, 9.17) is 20.9 Å². The third-order valence-corrected chi connectivity index (χ3v) is 3.41. The van der Waals surface area contributed by atoms with Gasteiger partial charge in [0.2, 0.25) is 0 Å². The molecule has 0 saturated heterocycles. The molecule has 1 aromatic rings. The van der Waals surface area contributed by atoms with Gasteiger partial charge in [0.25, 0.3) is 0 Å². The zero-order valence-electron chi connectivity index (χ0n) is 16.7. The first-order valence-corrected chi connectivity index (χ1v) is 8.81. The Bertz CT molecular complexity index is 557. The molecule has 0 heterocycles. The number of ether oxygens (including phenoxy) is 2. The molecule has 0 amide bonds. The summed E-state index contributed by atoms with van der Waals surface area (Å²) in [6.07, 6.45) is 0.196. The van der Waals surface area contributed by atoms with Crippen LogP contribution in [-0.2, 0) is 19.1 Å². The van der Waals surface area contributed by atoms with Crippen LogP contribution in [-0.4, -0.2) is 23.1 Å². The summed E-state index contributed by atoms with van der Waals surface area (Å²) in [5.41, 5.74) is 12.7. The van der Waals surface area contributed by atoms with E-state index in [0.717, 1.165) is 11.1 Å². The zero-order chi connectivity index (χ0) is 20.1. The molecule has 1 aromatic carbocycles. The largest absolute Gasteiger partial charge is 0.460 e. The standard InChI is InChI=1S/C20H32N2O4/c1-19(2,3)25-17(23)11-15(21)13-7-9-14(10-8-13)16(22)12-18(24)26-20(4,5)6/h7-10,15-16H,11-12,21-22H2,1-6H3/t15-,16+. The van der Waals surface area contributed by atoms with Crippen LogP contribution in [0, 0.1) is 0 Å². The summed E-state index contributed by atoms with van der Waals surface area (Å²) in [5.74, 6) is -0.675. The van der Waals surface area contributed by atoms with Gasteiger partial charge in [0.1, 0.15) is 11.2 Å². The van der Waals surface area contributed by atoms with Gasteiger partial charge in [-0.1, -0.05) is 24.3 Å². The molecule has 0 aliphatic rings. The minimum atomic E-state index is -0.533. The molecule has 0 aromatic heterocycles. The van der Waals surface area contributed by atoms with Crippen LogP contribution in [0.3, 0.4) is 0 Å². The SMILES string of the molecule is CC(C)(C)OC(=O)C[C@@H](N)c1ccc([C@@H](N)CC(=O)OC(C)(C)C)cc1. The third kappa shape index (κ3) is 8.45.